The summed E-state index contributed by atoms with van der Waals surface area (Å²) in [4.78, 5) is 4.89. The minimum atomic E-state index is -0.116. The molecule has 0 aliphatic heterocycles. The second kappa shape index (κ2) is 11.9. The largest absolute Gasteiger partial charge is 0.348 e. The maximum atomic E-state index is 5.25. The monoisotopic (exact) mass is 195 g/mol. The lowest BCUT2D eigenvalue weighted by Crippen LogP contribution is -2.24. The summed E-state index contributed by atoms with van der Waals surface area (Å²) in [6.07, 6.45) is 0. The standard InChI is InChI=1S/C7H17NO2.C2H6.CH4.H2/c1-5-8-10-6-9-7(2,3)4;1-2;;/h8H,5-6H2,1-4H3;1-2H3;1H4;1H. The quantitative estimate of drug-likeness (QED) is 0.424. The van der Waals surface area contributed by atoms with Gasteiger partial charge >= 0.3 is 0 Å². The smallest absolute Gasteiger partial charge is 0.167 e. The molecular formula is C10H29NO2. The highest BCUT2D eigenvalue weighted by Gasteiger charge is 2.08. The molecule has 0 heterocycles. The molecule has 0 aliphatic carbocycles. The van der Waals surface area contributed by atoms with Crippen LogP contribution in [-0.2, 0) is 9.57 Å². The second-order valence-electron chi connectivity index (χ2n) is 3.02. The van der Waals surface area contributed by atoms with Crippen LogP contribution in [0.5, 0.6) is 0 Å². The van der Waals surface area contributed by atoms with Gasteiger partial charge in [-0.3, -0.25) is 4.84 Å². The van der Waals surface area contributed by atoms with Crippen molar-refractivity contribution in [1.29, 1.82) is 0 Å². The van der Waals surface area contributed by atoms with Crippen LogP contribution >= 0.6 is 0 Å². The van der Waals surface area contributed by atoms with Crippen molar-refractivity contribution in [2.45, 2.75) is 54.6 Å². The zero-order chi connectivity index (χ0) is 10.0. The number of hydrogen-bond donors (Lipinski definition) is 1. The van der Waals surface area contributed by atoms with Gasteiger partial charge in [0.2, 0.25) is 0 Å². The Hall–Kier alpha value is -0.120. The molecule has 0 amide bonds. The third-order valence-corrected chi connectivity index (χ3v) is 0.797. The molecule has 0 fully saturated rings. The lowest BCUT2D eigenvalue weighted by atomic mass is 10.2. The van der Waals surface area contributed by atoms with E-state index in [-0.39, 0.29) is 14.5 Å². The summed E-state index contributed by atoms with van der Waals surface area (Å²) >= 11 is 0. The highest BCUT2D eigenvalue weighted by Crippen LogP contribution is 2.05. The van der Waals surface area contributed by atoms with Gasteiger partial charge < -0.3 is 4.74 Å². The van der Waals surface area contributed by atoms with E-state index < -0.39 is 0 Å². The molecule has 0 aliphatic rings. The van der Waals surface area contributed by atoms with Crippen molar-refractivity contribution in [3.8, 4) is 0 Å². The number of rotatable bonds is 4. The zero-order valence-electron chi connectivity index (χ0n) is 9.23. The minimum Gasteiger partial charge on any atom is -0.348 e. The maximum absolute atomic E-state index is 5.25. The molecule has 0 saturated heterocycles. The Morgan fingerprint density at radius 2 is 1.69 bits per heavy atom. The van der Waals surface area contributed by atoms with Gasteiger partial charge in [0, 0.05) is 7.97 Å². The van der Waals surface area contributed by atoms with Crippen molar-refractivity contribution in [3.63, 3.8) is 0 Å². The van der Waals surface area contributed by atoms with Gasteiger partial charge in [-0.25, -0.2) is 5.48 Å². The van der Waals surface area contributed by atoms with Gasteiger partial charge in [0.1, 0.15) is 0 Å². The Morgan fingerprint density at radius 1 is 1.23 bits per heavy atom. The first-order valence-corrected chi connectivity index (χ1v) is 4.55. The Balaban J connectivity index is -0.000000117. The van der Waals surface area contributed by atoms with Gasteiger partial charge in [-0.05, 0) is 20.8 Å². The van der Waals surface area contributed by atoms with Crippen LogP contribution in [0.1, 0.15) is 50.4 Å². The van der Waals surface area contributed by atoms with Crippen LogP contribution in [0.3, 0.4) is 0 Å². The van der Waals surface area contributed by atoms with Crippen LogP contribution in [0.15, 0.2) is 0 Å². The van der Waals surface area contributed by atoms with E-state index in [9.17, 15) is 0 Å². The van der Waals surface area contributed by atoms with Crippen molar-refractivity contribution >= 4 is 0 Å². The highest BCUT2D eigenvalue weighted by molar-refractivity contribution is 4.56. The summed E-state index contributed by atoms with van der Waals surface area (Å²) in [5.74, 6) is 0. The van der Waals surface area contributed by atoms with Crippen LogP contribution < -0.4 is 5.48 Å². The van der Waals surface area contributed by atoms with E-state index in [1.807, 2.05) is 41.5 Å². The lowest BCUT2D eigenvalue weighted by molar-refractivity contribution is -0.149. The predicted molar refractivity (Wildman–Crippen MR) is 60.7 cm³/mol. The fraction of sp³-hybridized carbons (Fsp3) is 1.00. The number of nitrogens with one attached hydrogen (secondary N) is 1. The first-order valence-electron chi connectivity index (χ1n) is 4.55. The molecular weight excluding hydrogens is 166 g/mol. The third kappa shape index (κ3) is 24.5. The molecule has 3 heteroatoms. The summed E-state index contributed by atoms with van der Waals surface area (Å²) in [6, 6.07) is 0. The summed E-state index contributed by atoms with van der Waals surface area (Å²) in [6.45, 7) is 13.0. The first-order chi connectivity index (χ1) is 5.56. The van der Waals surface area contributed by atoms with Crippen molar-refractivity contribution in [3.05, 3.63) is 0 Å². The highest BCUT2D eigenvalue weighted by atomic mass is 16.8. The van der Waals surface area contributed by atoms with Crippen molar-refractivity contribution in [1.82, 2.24) is 5.48 Å². The fourth-order valence-corrected chi connectivity index (χ4v) is 0.350. The Bertz CT molecular complexity index is 84.7. The zero-order valence-corrected chi connectivity index (χ0v) is 9.23. The normalized spacial score (nSPS) is 9.69. The fourth-order valence-electron chi connectivity index (χ4n) is 0.350. The van der Waals surface area contributed by atoms with Crippen LogP contribution in [-0.4, -0.2) is 18.9 Å². The van der Waals surface area contributed by atoms with Gasteiger partial charge in [-0.2, -0.15) is 0 Å². The van der Waals surface area contributed by atoms with E-state index in [0.29, 0.717) is 6.79 Å². The molecule has 0 aromatic rings. The average Bonchev–Trinajstić information content (AvgIpc) is 2.01. The molecule has 0 bridgehead atoms. The molecule has 3 nitrogen and oxygen atoms in total. The summed E-state index contributed by atoms with van der Waals surface area (Å²) in [5, 5.41) is 0. The molecule has 1 N–H and O–H groups in total. The van der Waals surface area contributed by atoms with E-state index in [1.165, 1.54) is 0 Å². The number of hydroxylamine groups is 1. The first kappa shape index (κ1) is 18.6. The molecule has 0 aromatic heterocycles. The molecule has 0 saturated carbocycles. The average molecular weight is 195 g/mol. The van der Waals surface area contributed by atoms with Gasteiger partial charge in [-0.1, -0.05) is 28.2 Å². The SMILES string of the molecule is C.CC.CCNOCOC(C)(C)C.[HH]. The molecule has 13 heavy (non-hydrogen) atoms. The van der Waals surface area contributed by atoms with Crippen molar-refractivity contribution in [2.24, 2.45) is 0 Å². The van der Waals surface area contributed by atoms with E-state index in [0.717, 1.165) is 6.54 Å². The summed E-state index contributed by atoms with van der Waals surface area (Å²) in [5.41, 5.74) is 2.58. The minimum absolute atomic E-state index is 0. The summed E-state index contributed by atoms with van der Waals surface area (Å²) < 4.78 is 5.25. The topological polar surface area (TPSA) is 30.5 Å². The van der Waals surface area contributed by atoms with E-state index >= 15 is 0 Å². The molecule has 0 rings (SSSR count). The summed E-state index contributed by atoms with van der Waals surface area (Å²) in [7, 11) is 0. The van der Waals surface area contributed by atoms with Crippen LogP contribution in [0, 0.1) is 0 Å². The van der Waals surface area contributed by atoms with Gasteiger partial charge in [0.15, 0.2) is 6.79 Å². The second-order valence-corrected chi connectivity index (χ2v) is 3.02. The van der Waals surface area contributed by atoms with E-state index in [2.05, 4.69) is 5.48 Å². The van der Waals surface area contributed by atoms with Crippen LogP contribution in [0.2, 0.25) is 0 Å². The maximum Gasteiger partial charge on any atom is 0.167 e. The van der Waals surface area contributed by atoms with Crippen LogP contribution in [0.25, 0.3) is 0 Å². The predicted octanol–water partition coefficient (Wildman–Crippen LogP) is 3.21. The molecule has 0 atom stereocenters. The number of ether oxygens (including phenoxy) is 1. The van der Waals surface area contributed by atoms with Crippen molar-refractivity contribution in [2.75, 3.05) is 13.3 Å². The molecule has 0 unspecified atom stereocenters. The van der Waals surface area contributed by atoms with E-state index in [4.69, 9.17) is 9.57 Å². The Morgan fingerprint density at radius 3 is 2.00 bits per heavy atom. The lowest BCUT2D eigenvalue weighted by Gasteiger charge is -2.18. The molecule has 0 spiro atoms. The van der Waals surface area contributed by atoms with Crippen molar-refractivity contribution < 1.29 is 11.0 Å². The van der Waals surface area contributed by atoms with Gasteiger partial charge in [0.25, 0.3) is 0 Å². The molecule has 0 aromatic carbocycles. The van der Waals surface area contributed by atoms with E-state index in [1.54, 1.807) is 0 Å². The molecule has 0 radical (unpaired) electrons. The van der Waals surface area contributed by atoms with Crippen LogP contribution in [0.4, 0.5) is 0 Å². The van der Waals surface area contributed by atoms with Gasteiger partial charge in [-0.15, -0.1) is 0 Å². The Kier molecular flexibility index (Phi) is 17.0. The Labute approximate surface area is 85.3 Å². The molecule has 86 valence electrons. The number of hydrogen-bond acceptors (Lipinski definition) is 3. The third-order valence-electron chi connectivity index (χ3n) is 0.797. The van der Waals surface area contributed by atoms with Gasteiger partial charge in [0.05, 0.1) is 5.60 Å².